The fraction of sp³-hybridized carbons (Fsp3) is 1.00. The zero-order valence-electron chi connectivity index (χ0n) is 8.27. The van der Waals surface area contributed by atoms with Gasteiger partial charge in [0.05, 0.1) is 6.61 Å². The van der Waals surface area contributed by atoms with E-state index in [1.165, 1.54) is 12.8 Å². The van der Waals surface area contributed by atoms with E-state index in [1.54, 1.807) is 0 Å². The monoisotopic (exact) mass is 210 g/mol. The molecule has 0 bridgehead atoms. The van der Waals surface area contributed by atoms with Crippen molar-refractivity contribution in [3.05, 3.63) is 0 Å². The molecule has 2 N–H and O–H groups in total. The van der Waals surface area contributed by atoms with Gasteiger partial charge < -0.3 is 9.79 Å². The van der Waals surface area contributed by atoms with Crippen LogP contribution < -0.4 is 0 Å². The Hall–Kier alpha value is 0.270. The molecule has 0 aliphatic carbocycles. The summed E-state index contributed by atoms with van der Waals surface area (Å²) in [5.74, 6) is 0.750. The molecule has 0 saturated carbocycles. The minimum absolute atomic E-state index is 0.429. The summed E-state index contributed by atoms with van der Waals surface area (Å²) in [5.41, 5.74) is 0. The van der Waals surface area contributed by atoms with Crippen molar-refractivity contribution in [3.8, 4) is 0 Å². The molecule has 0 atom stereocenters. The largest absolute Gasteiger partial charge is 0.357 e. The average molecular weight is 210 g/mol. The van der Waals surface area contributed by atoms with Crippen LogP contribution in [0.25, 0.3) is 0 Å². The molecule has 5 heteroatoms. The van der Waals surface area contributed by atoms with E-state index in [4.69, 9.17) is 9.79 Å². The van der Waals surface area contributed by atoms with Gasteiger partial charge in [-0.15, -0.1) is 0 Å². The maximum atomic E-state index is 8.30. The summed E-state index contributed by atoms with van der Waals surface area (Å²) in [7, 11) is -2.36. The van der Waals surface area contributed by atoms with Gasteiger partial charge in [0.1, 0.15) is 0 Å². The number of hydrogen-bond acceptors (Lipinski definition) is 4. The van der Waals surface area contributed by atoms with Crippen LogP contribution in [-0.2, 0) is 9.56 Å². The van der Waals surface area contributed by atoms with Gasteiger partial charge in [-0.2, -0.15) is 4.67 Å². The van der Waals surface area contributed by atoms with Gasteiger partial charge in [-0.3, -0.25) is 0 Å². The summed E-state index contributed by atoms with van der Waals surface area (Å²) in [4.78, 5) is 21.1. The fourth-order valence-corrected chi connectivity index (χ4v) is 1.14. The molecule has 13 heavy (non-hydrogen) atoms. The molecule has 0 heterocycles. The Morgan fingerprint density at radius 1 is 1.15 bits per heavy atom. The van der Waals surface area contributed by atoms with Crippen molar-refractivity contribution >= 4 is 8.60 Å². The average Bonchev–Trinajstić information content (AvgIpc) is 2.01. The first kappa shape index (κ1) is 13.3. The molecule has 0 rings (SSSR count). The van der Waals surface area contributed by atoms with Crippen LogP contribution in [0.15, 0.2) is 0 Å². The topological polar surface area (TPSA) is 58.9 Å². The molecule has 0 aromatic heterocycles. The van der Waals surface area contributed by atoms with E-state index < -0.39 is 8.60 Å². The first-order chi connectivity index (χ1) is 6.13. The molecule has 0 spiro atoms. The molecule has 0 unspecified atom stereocenters. The van der Waals surface area contributed by atoms with Crippen LogP contribution in [0, 0.1) is 5.92 Å². The van der Waals surface area contributed by atoms with E-state index >= 15 is 0 Å². The molecule has 0 aromatic rings. The maximum Gasteiger partial charge on any atom is 0.357 e. The smallest absolute Gasteiger partial charge is 0.327 e. The Kier molecular flexibility index (Phi) is 9.03. The molecule has 80 valence electrons. The standard InChI is InChI=1S/C8H19O4P/c1-8(2)6-4-3-5-7-11-12-13(9)10/h8-10H,3-7H2,1-2H3. The first-order valence-corrected chi connectivity index (χ1v) is 5.77. The summed E-state index contributed by atoms with van der Waals surface area (Å²) in [6.07, 6.45) is 4.41. The van der Waals surface area contributed by atoms with Crippen molar-refractivity contribution in [3.63, 3.8) is 0 Å². The summed E-state index contributed by atoms with van der Waals surface area (Å²) >= 11 is 0. The lowest BCUT2D eigenvalue weighted by Crippen LogP contribution is -1.94. The van der Waals surface area contributed by atoms with E-state index in [2.05, 4.69) is 23.4 Å². The highest BCUT2D eigenvalue weighted by Crippen LogP contribution is 2.24. The van der Waals surface area contributed by atoms with Crippen molar-refractivity contribution in [2.45, 2.75) is 39.5 Å². The second-order valence-corrected chi connectivity index (χ2v) is 4.05. The minimum Gasteiger partial charge on any atom is -0.327 e. The molecule has 0 saturated heterocycles. The quantitative estimate of drug-likeness (QED) is 0.279. The summed E-state index contributed by atoms with van der Waals surface area (Å²) in [6.45, 7) is 4.83. The molecular formula is C8H19O4P. The zero-order chi connectivity index (χ0) is 10.1. The highest BCUT2D eigenvalue weighted by Gasteiger charge is 1.99. The summed E-state index contributed by atoms with van der Waals surface area (Å²) in [6, 6.07) is 0. The molecular weight excluding hydrogens is 191 g/mol. The number of unbranched alkanes of at least 4 members (excludes halogenated alkanes) is 2. The molecule has 0 amide bonds. The third kappa shape index (κ3) is 12.3. The normalized spacial score (nSPS) is 11.5. The van der Waals surface area contributed by atoms with Crippen LogP contribution in [-0.4, -0.2) is 16.4 Å². The van der Waals surface area contributed by atoms with Crippen LogP contribution >= 0.6 is 8.60 Å². The van der Waals surface area contributed by atoms with Crippen LogP contribution in [0.3, 0.4) is 0 Å². The maximum absolute atomic E-state index is 8.30. The Morgan fingerprint density at radius 3 is 2.38 bits per heavy atom. The van der Waals surface area contributed by atoms with Crippen LogP contribution in [0.4, 0.5) is 0 Å². The lowest BCUT2D eigenvalue weighted by Gasteiger charge is -2.04. The number of hydrogen-bond donors (Lipinski definition) is 2. The highest BCUT2D eigenvalue weighted by molar-refractivity contribution is 7.39. The van der Waals surface area contributed by atoms with Crippen LogP contribution in [0.2, 0.25) is 0 Å². The summed E-state index contributed by atoms with van der Waals surface area (Å²) in [5, 5.41) is 0. The van der Waals surface area contributed by atoms with Gasteiger partial charge >= 0.3 is 8.60 Å². The SMILES string of the molecule is CC(C)CCCCCOOP(O)O. The van der Waals surface area contributed by atoms with Crippen LogP contribution in [0.1, 0.15) is 39.5 Å². The second kappa shape index (κ2) is 8.85. The Morgan fingerprint density at radius 2 is 1.85 bits per heavy atom. The molecule has 0 radical (unpaired) electrons. The van der Waals surface area contributed by atoms with Crippen molar-refractivity contribution in [2.24, 2.45) is 5.92 Å². The molecule has 0 aliphatic rings. The minimum atomic E-state index is -2.36. The van der Waals surface area contributed by atoms with E-state index in [1.807, 2.05) is 0 Å². The van der Waals surface area contributed by atoms with Crippen LogP contribution in [0.5, 0.6) is 0 Å². The lowest BCUT2D eigenvalue weighted by molar-refractivity contribution is -0.213. The lowest BCUT2D eigenvalue weighted by atomic mass is 10.1. The van der Waals surface area contributed by atoms with Gasteiger partial charge in [0.2, 0.25) is 0 Å². The Balaban J connectivity index is 2.92. The molecule has 0 aromatic carbocycles. The van der Waals surface area contributed by atoms with Gasteiger partial charge in [0, 0.05) is 0 Å². The third-order valence-corrected chi connectivity index (χ3v) is 1.87. The predicted molar refractivity (Wildman–Crippen MR) is 51.7 cm³/mol. The third-order valence-electron chi connectivity index (χ3n) is 1.63. The van der Waals surface area contributed by atoms with E-state index in [-0.39, 0.29) is 0 Å². The van der Waals surface area contributed by atoms with Gasteiger partial charge in [-0.25, -0.2) is 4.89 Å². The summed E-state index contributed by atoms with van der Waals surface area (Å²) < 4.78 is 4.15. The van der Waals surface area contributed by atoms with Crippen molar-refractivity contribution in [1.29, 1.82) is 0 Å². The van der Waals surface area contributed by atoms with Crippen molar-refractivity contribution in [2.75, 3.05) is 6.61 Å². The Bertz CT molecular complexity index is 96.3. The van der Waals surface area contributed by atoms with Gasteiger partial charge in [0.25, 0.3) is 0 Å². The number of rotatable bonds is 8. The first-order valence-electron chi connectivity index (χ1n) is 4.60. The van der Waals surface area contributed by atoms with E-state index in [0.29, 0.717) is 6.61 Å². The fourth-order valence-electron chi connectivity index (χ4n) is 0.975. The Labute approximate surface area is 80.8 Å². The zero-order valence-corrected chi connectivity index (χ0v) is 9.17. The second-order valence-electron chi connectivity index (χ2n) is 3.39. The highest BCUT2D eigenvalue weighted by atomic mass is 31.2. The van der Waals surface area contributed by atoms with E-state index in [9.17, 15) is 0 Å². The van der Waals surface area contributed by atoms with Gasteiger partial charge in [-0.05, 0) is 12.3 Å². The molecule has 4 nitrogen and oxygen atoms in total. The predicted octanol–water partition coefficient (Wildman–Crippen LogP) is 2.36. The van der Waals surface area contributed by atoms with Crippen molar-refractivity contribution < 1.29 is 19.3 Å². The van der Waals surface area contributed by atoms with Crippen molar-refractivity contribution in [1.82, 2.24) is 0 Å². The van der Waals surface area contributed by atoms with Gasteiger partial charge in [0.15, 0.2) is 0 Å². The van der Waals surface area contributed by atoms with Gasteiger partial charge in [-0.1, -0.05) is 33.1 Å². The van der Waals surface area contributed by atoms with E-state index in [0.717, 1.165) is 18.8 Å². The molecule has 0 fully saturated rings. The molecule has 0 aliphatic heterocycles.